The Kier molecular flexibility index (Phi) is 10.5. The number of benzene rings is 3. The minimum Gasteiger partial charge on any atom is -0.399 e. The Hall–Kier alpha value is -2.94. The molecule has 0 amide bonds. The second kappa shape index (κ2) is 13.8. The van der Waals surface area contributed by atoms with E-state index >= 15 is 0 Å². The van der Waals surface area contributed by atoms with Crippen molar-refractivity contribution in [2.24, 2.45) is 0 Å². The van der Waals surface area contributed by atoms with Gasteiger partial charge in [0.05, 0.1) is 0 Å². The van der Waals surface area contributed by atoms with Gasteiger partial charge in [-0.05, 0) is 65.4 Å². The molecule has 2 atom stereocenters. The summed E-state index contributed by atoms with van der Waals surface area (Å²) in [6.45, 7) is 4.53. The van der Waals surface area contributed by atoms with Gasteiger partial charge in [0.25, 0.3) is 0 Å². The summed E-state index contributed by atoms with van der Waals surface area (Å²) in [6, 6.07) is 23.6. The maximum atomic E-state index is 6.65. The van der Waals surface area contributed by atoms with Crippen molar-refractivity contribution < 1.29 is 0 Å². The van der Waals surface area contributed by atoms with Crippen LogP contribution in [0, 0.1) is 0 Å². The Bertz CT molecular complexity index is 1010. The number of nitrogen functional groups attached to an aromatic ring is 3. The van der Waals surface area contributed by atoms with E-state index in [4.69, 9.17) is 17.2 Å². The van der Waals surface area contributed by atoms with E-state index in [-0.39, 0.29) is 5.92 Å². The molecule has 0 spiro atoms. The third-order valence-electron chi connectivity index (χ3n) is 7.26. The zero-order valence-corrected chi connectivity index (χ0v) is 21.8. The molecular formula is C32H45N3. The smallest absolute Gasteiger partial charge is 0.0353 e. The molecule has 0 saturated carbocycles. The summed E-state index contributed by atoms with van der Waals surface area (Å²) in [5.74, 6) is 0.624. The molecule has 3 nitrogen and oxygen atoms in total. The lowest BCUT2D eigenvalue weighted by molar-refractivity contribution is 0.590. The van der Waals surface area contributed by atoms with Gasteiger partial charge in [-0.15, -0.1) is 0 Å². The fourth-order valence-electron chi connectivity index (χ4n) is 5.15. The third-order valence-corrected chi connectivity index (χ3v) is 7.26. The van der Waals surface area contributed by atoms with Gasteiger partial charge >= 0.3 is 0 Å². The Morgan fingerprint density at radius 2 is 0.971 bits per heavy atom. The molecule has 0 aromatic heterocycles. The van der Waals surface area contributed by atoms with Crippen molar-refractivity contribution in [3.63, 3.8) is 0 Å². The fraction of sp³-hybridized carbons (Fsp3) is 0.438. The van der Waals surface area contributed by atoms with E-state index in [1.54, 1.807) is 0 Å². The highest BCUT2D eigenvalue weighted by Crippen LogP contribution is 2.38. The summed E-state index contributed by atoms with van der Waals surface area (Å²) in [4.78, 5) is 0. The zero-order chi connectivity index (χ0) is 25.0. The zero-order valence-electron chi connectivity index (χ0n) is 21.8. The molecule has 0 heterocycles. The third kappa shape index (κ3) is 7.78. The molecule has 0 aliphatic carbocycles. The predicted molar refractivity (Wildman–Crippen MR) is 154 cm³/mol. The normalized spacial score (nSPS) is 13.0. The molecule has 0 saturated heterocycles. The molecule has 0 fully saturated rings. The van der Waals surface area contributed by atoms with E-state index in [0.717, 1.165) is 29.9 Å². The molecule has 6 N–H and O–H groups in total. The summed E-state index contributed by atoms with van der Waals surface area (Å²) in [5.41, 5.74) is 26.4. The van der Waals surface area contributed by atoms with Gasteiger partial charge in [0.2, 0.25) is 0 Å². The summed E-state index contributed by atoms with van der Waals surface area (Å²) >= 11 is 0. The molecule has 2 unspecified atom stereocenters. The first-order chi connectivity index (χ1) is 17.0. The molecule has 0 bridgehead atoms. The van der Waals surface area contributed by atoms with Crippen molar-refractivity contribution in [3.05, 3.63) is 89.0 Å². The Morgan fingerprint density at radius 3 is 1.49 bits per heavy atom. The summed E-state index contributed by atoms with van der Waals surface area (Å²) < 4.78 is 0. The molecule has 3 aromatic carbocycles. The van der Waals surface area contributed by atoms with E-state index in [1.165, 1.54) is 73.6 Å². The van der Waals surface area contributed by atoms with E-state index < -0.39 is 0 Å². The van der Waals surface area contributed by atoms with Gasteiger partial charge in [0.15, 0.2) is 0 Å². The molecule has 3 heteroatoms. The number of hydrogen-bond acceptors (Lipinski definition) is 3. The van der Waals surface area contributed by atoms with Crippen LogP contribution in [-0.4, -0.2) is 0 Å². The Labute approximate surface area is 213 Å². The number of nitrogens with two attached hydrogens (primary N) is 3. The maximum Gasteiger partial charge on any atom is 0.0353 e. The van der Waals surface area contributed by atoms with Crippen LogP contribution in [0.15, 0.2) is 66.7 Å². The maximum absolute atomic E-state index is 6.65. The first kappa shape index (κ1) is 26.7. The van der Waals surface area contributed by atoms with Gasteiger partial charge in [-0.3, -0.25) is 0 Å². The minimum absolute atomic E-state index is 0.277. The second-order valence-electron chi connectivity index (χ2n) is 10.0. The van der Waals surface area contributed by atoms with Crippen LogP contribution in [0.5, 0.6) is 0 Å². The van der Waals surface area contributed by atoms with Crippen molar-refractivity contribution in [1.29, 1.82) is 0 Å². The Balaban J connectivity index is 1.96. The number of unbranched alkanes of at least 4 members (excludes halogenated alkanes) is 6. The van der Waals surface area contributed by atoms with Crippen LogP contribution < -0.4 is 17.2 Å². The Morgan fingerprint density at radius 1 is 0.514 bits per heavy atom. The first-order valence-electron chi connectivity index (χ1n) is 13.6. The molecule has 3 rings (SSSR count). The monoisotopic (exact) mass is 471 g/mol. The van der Waals surface area contributed by atoms with Crippen LogP contribution >= 0.6 is 0 Å². The van der Waals surface area contributed by atoms with Gasteiger partial charge in [-0.2, -0.15) is 0 Å². The van der Waals surface area contributed by atoms with Crippen molar-refractivity contribution in [2.45, 2.75) is 89.9 Å². The average molecular weight is 472 g/mol. The van der Waals surface area contributed by atoms with Gasteiger partial charge in [-0.25, -0.2) is 0 Å². The lowest BCUT2D eigenvalue weighted by Gasteiger charge is -2.24. The topological polar surface area (TPSA) is 78.1 Å². The van der Waals surface area contributed by atoms with Crippen molar-refractivity contribution in [2.75, 3.05) is 17.2 Å². The predicted octanol–water partition coefficient (Wildman–Crippen LogP) is 8.64. The number of anilines is 3. The van der Waals surface area contributed by atoms with Crippen LogP contribution in [0.25, 0.3) is 0 Å². The van der Waals surface area contributed by atoms with Crippen LogP contribution in [0.3, 0.4) is 0 Å². The highest BCUT2D eigenvalue weighted by Gasteiger charge is 2.21. The molecule has 0 radical (unpaired) electrons. The summed E-state index contributed by atoms with van der Waals surface area (Å²) in [7, 11) is 0. The van der Waals surface area contributed by atoms with E-state index in [1.807, 2.05) is 24.3 Å². The van der Waals surface area contributed by atoms with Crippen molar-refractivity contribution in [1.82, 2.24) is 0 Å². The summed E-state index contributed by atoms with van der Waals surface area (Å²) in [5, 5.41) is 0. The van der Waals surface area contributed by atoms with Gasteiger partial charge in [-0.1, -0.05) is 102 Å². The molecular weight excluding hydrogens is 426 g/mol. The lowest BCUT2D eigenvalue weighted by atomic mass is 9.81. The standard InChI is InChI=1S/C32H45N3/c1-3-5-7-9-11-29(24-13-18-27(33)19-14-24)26-17-22-32(35)31(23-26)30(12-10-8-6-4-2)25-15-20-28(34)21-16-25/h13-23,29-30H,3-12,33-35H2,1-2H3. The number of rotatable bonds is 14. The molecule has 3 aromatic rings. The van der Waals surface area contributed by atoms with E-state index in [2.05, 4.69) is 56.3 Å². The van der Waals surface area contributed by atoms with Gasteiger partial charge in [0, 0.05) is 28.9 Å². The van der Waals surface area contributed by atoms with Crippen molar-refractivity contribution in [3.8, 4) is 0 Å². The largest absolute Gasteiger partial charge is 0.399 e. The quantitative estimate of drug-likeness (QED) is 0.163. The molecule has 0 aliphatic heterocycles. The van der Waals surface area contributed by atoms with E-state index in [9.17, 15) is 0 Å². The summed E-state index contributed by atoms with van der Waals surface area (Å²) in [6.07, 6.45) is 12.2. The molecule has 35 heavy (non-hydrogen) atoms. The second-order valence-corrected chi connectivity index (χ2v) is 10.0. The molecule has 0 aliphatic rings. The number of hydrogen-bond donors (Lipinski definition) is 3. The lowest BCUT2D eigenvalue weighted by Crippen LogP contribution is -2.09. The van der Waals surface area contributed by atoms with Gasteiger partial charge < -0.3 is 17.2 Å². The average Bonchev–Trinajstić information content (AvgIpc) is 2.87. The minimum atomic E-state index is 0.277. The first-order valence-corrected chi connectivity index (χ1v) is 13.6. The SMILES string of the molecule is CCCCCCC(c1ccc(N)cc1)c1ccc(N)c(C(CCCCCC)c2ccc(N)cc2)c1. The van der Waals surface area contributed by atoms with Crippen LogP contribution in [-0.2, 0) is 0 Å². The van der Waals surface area contributed by atoms with Crippen molar-refractivity contribution >= 4 is 17.1 Å². The van der Waals surface area contributed by atoms with Crippen LogP contribution in [0.4, 0.5) is 17.1 Å². The highest BCUT2D eigenvalue weighted by atomic mass is 14.6. The highest BCUT2D eigenvalue weighted by molar-refractivity contribution is 5.56. The fourth-order valence-corrected chi connectivity index (χ4v) is 5.15. The van der Waals surface area contributed by atoms with Crippen LogP contribution in [0.1, 0.15) is 112 Å². The molecule has 188 valence electrons. The van der Waals surface area contributed by atoms with Gasteiger partial charge in [0.1, 0.15) is 0 Å². The van der Waals surface area contributed by atoms with E-state index in [0.29, 0.717) is 5.92 Å². The van der Waals surface area contributed by atoms with Crippen LogP contribution in [0.2, 0.25) is 0 Å².